The Balaban J connectivity index is 1.51. The number of rotatable bonds is 8. The summed E-state index contributed by atoms with van der Waals surface area (Å²) in [7, 11) is 2.04. The molecule has 11 heteroatoms. The molecule has 1 saturated carbocycles. The number of alkyl halides is 3. The molecule has 5 rings (SSSR count). The fourth-order valence-electron chi connectivity index (χ4n) is 4.58. The van der Waals surface area contributed by atoms with Gasteiger partial charge in [-0.2, -0.15) is 18.3 Å². The van der Waals surface area contributed by atoms with Gasteiger partial charge in [0.2, 0.25) is 0 Å². The van der Waals surface area contributed by atoms with Gasteiger partial charge in [0.05, 0.1) is 22.4 Å². The highest BCUT2D eigenvalue weighted by atomic mass is 35.5. The number of anilines is 1. The molecule has 0 aliphatic heterocycles. The van der Waals surface area contributed by atoms with E-state index in [1.54, 1.807) is 48.8 Å². The number of benzene rings is 2. The van der Waals surface area contributed by atoms with Crippen molar-refractivity contribution < 1.29 is 18.0 Å². The predicted octanol–water partition coefficient (Wildman–Crippen LogP) is 5.83. The van der Waals surface area contributed by atoms with Gasteiger partial charge in [-0.25, -0.2) is 4.68 Å². The summed E-state index contributed by atoms with van der Waals surface area (Å²) in [5.74, 6) is -0.788. The molecule has 1 atom stereocenters. The SMILES string of the molecule is CN(C1CC1)C(c1cccnc1)c1ccc(Cl)c(NC(=O)c2cc(C(F)(F)F)nn2-c2cccc(CN)c2)c1. The number of hydrogen-bond donors (Lipinski definition) is 2. The van der Waals surface area contributed by atoms with Gasteiger partial charge in [-0.3, -0.25) is 14.7 Å². The summed E-state index contributed by atoms with van der Waals surface area (Å²) in [5.41, 5.74) is 7.28. The third-order valence-electron chi connectivity index (χ3n) is 6.71. The minimum absolute atomic E-state index is 0.152. The molecular weight excluding hydrogens is 529 g/mol. The fraction of sp³-hybridized carbons (Fsp3) is 0.250. The molecule has 4 aromatic rings. The second-order valence-corrected chi connectivity index (χ2v) is 9.88. The normalized spacial score (nSPS) is 14.4. The molecule has 3 N–H and O–H groups in total. The van der Waals surface area contributed by atoms with Crippen LogP contribution in [0, 0.1) is 0 Å². The van der Waals surface area contributed by atoms with E-state index in [2.05, 4.69) is 20.3 Å². The van der Waals surface area contributed by atoms with E-state index in [-0.39, 0.29) is 34.7 Å². The lowest BCUT2D eigenvalue weighted by molar-refractivity contribution is -0.141. The summed E-state index contributed by atoms with van der Waals surface area (Å²) in [4.78, 5) is 19.9. The first-order valence-corrected chi connectivity index (χ1v) is 12.7. The average molecular weight is 555 g/mol. The van der Waals surface area contributed by atoms with Crippen LogP contribution in [0.4, 0.5) is 18.9 Å². The van der Waals surface area contributed by atoms with E-state index in [9.17, 15) is 18.0 Å². The van der Waals surface area contributed by atoms with Crippen molar-refractivity contribution in [1.82, 2.24) is 19.7 Å². The summed E-state index contributed by atoms with van der Waals surface area (Å²) in [6.45, 7) is 0.179. The molecule has 1 fully saturated rings. The molecule has 0 radical (unpaired) electrons. The van der Waals surface area contributed by atoms with Crippen molar-refractivity contribution >= 4 is 23.2 Å². The Kier molecular flexibility index (Phi) is 7.44. The number of hydrogen-bond acceptors (Lipinski definition) is 5. The number of amides is 1. The molecule has 0 saturated heterocycles. The molecule has 2 aromatic carbocycles. The molecule has 39 heavy (non-hydrogen) atoms. The van der Waals surface area contributed by atoms with Crippen LogP contribution in [-0.2, 0) is 12.7 Å². The number of pyridine rings is 1. The molecular formula is C28H26ClF3N6O. The van der Waals surface area contributed by atoms with Crippen LogP contribution in [0.5, 0.6) is 0 Å². The number of aromatic nitrogens is 3. The van der Waals surface area contributed by atoms with Crippen LogP contribution >= 0.6 is 11.6 Å². The van der Waals surface area contributed by atoms with Crippen molar-refractivity contribution in [2.24, 2.45) is 5.73 Å². The summed E-state index contributed by atoms with van der Waals surface area (Å²) in [6.07, 6.45) is 0.923. The van der Waals surface area contributed by atoms with E-state index in [4.69, 9.17) is 17.3 Å². The molecule has 7 nitrogen and oxygen atoms in total. The minimum Gasteiger partial charge on any atom is -0.326 e. The minimum atomic E-state index is -4.74. The van der Waals surface area contributed by atoms with E-state index in [1.807, 2.05) is 25.2 Å². The summed E-state index contributed by atoms with van der Waals surface area (Å²) in [5, 5.41) is 6.64. The van der Waals surface area contributed by atoms with Gasteiger partial charge in [0.1, 0.15) is 5.69 Å². The van der Waals surface area contributed by atoms with Gasteiger partial charge in [0, 0.05) is 31.0 Å². The Bertz CT molecular complexity index is 1490. The second kappa shape index (κ2) is 10.8. The average Bonchev–Trinajstić information content (AvgIpc) is 3.67. The summed E-state index contributed by atoms with van der Waals surface area (Å²) < 4.78 is 41.7. The highest BCUT2D eigenvalue weighted by Gasteiger charge is 2.36. The van der Waals surface area contributed by atoms with Crippen molar-refractivity contribution in [2.45, 2.75) is 37.6 Å². The third kappa shape index (κ3) is 5.83. The van der Waals surface area contributed by atoms with E-state index in [0.717, 1.165) is 34.7 Å². The van der Waals surface area contributed by atoms with Gasteiger partial charge in [0.15, 0.2) is 5.69 Å². The molecule has 1 aliphatic rings. The smallest absolute Gasteiger partial charge is 0.326 e. The van der Waals surface area contributed by atoms with Crippen LogP contribution in [0.2, 0.25) is 5.02 Å². The molecule has 0 spiro atoms. The Hall–Kier alpha value is -3.73. The number of carbonyl (C=O) groups is 1. The topological polar surface area (TPSA) is 89.1 Å². The monoisotopic (exact) mass is 554 g/mol. The number of carbonyl (C=O) groups excluding carboxylic acids is 1. The third-order valence-corrected chi connectivity index (χ3v) is 7.04. The highest BCUT2D eigenvalue weighted by molar-refractivity contribution is 6.34. The zero-order valence-corrected chi connectivity index (χ0v) is 21.7. The molecule has 202 valence electrons. The highest BCUT2D eigenvalue weighted by Crippen LogP contribution is 2.38. The fourth-order valence-corrected chi connectivity index (χ4v) is 4.75. The number of nitrogens with two attached hydrogens (primary N) is 1. The van der Waals surface area contributed by atoms with E-state index in [1.165, 1.54) is 0 Å². The molecule has 2 aromatic heterocycles. The zero-order chi connectivity index (χ0) is 27.7. The van der Waals surface area contributed by atoms with Crippen LogP contribution in [0.1, 0.15) is 51.8 Å². The number of halogens is 4. The van der Waals surface area contributed by atoms with Crippen molar-refractivity contribution in [2.75, 3.05) is 12.4 Å². The van der Waals surface area contributed by atoms with Crippen molar-refractivity contribution in [3.8, 4) is 5.69 Å². The van der Waals surface area contributed by atoms with Gasteiger partial charge in [-0.15, -0.1) is 0 Å². The Morgan fingerprint density at radius 1 is 1.15 bits per heavy atom. The zero-order valence-electron chi connectivity index (χ0n) is 21.0. The van der Waals surface area contributed by atoms with Gasteiger partial charge >= 0.3 is 6.18 Å². The van der Waals surface area contributed by atoms with Gasteiger partial charge in [-0.1, -0.05) is 35.9 Å². The first-order chi connectivity index (χ1) is 18.7. The predicted molar refractivity (Wildman–Crippen MR) is 143 cm³/mol. The maximum Gasteiger partial charge on any atom is 0.435 e. The Labute approximate surface area is 228 Å². The lowest BCUT2D eigenvalue weighted by atomic mass is 9.98. The summed E-state index contributed by atoms with van der Waals surface area (Å²) >= 11 is 6.45. The standard InChI is InChI=1S/C28H26ClF3N6O/c1-37(20-8-9-20)26(19-5-3-11-34-16-19)18-7-10-22(29)23(13-18)35-27(39)24-14-25(28(30,31)32)36-38(24)21-6-2-4-17(12-21)15-33/h2-7,10-14,16,20,26H,8-9,15,33H2,1H3,(H,35,39). The van der Waals surface area contributed by atoms with Crippen molar-refractivity contribution in [3.63, 3.8) is 0 Å². The van der Waals surface area contributed by atoms with Crippen LogP contribution < -0.4 is 11.1 Å². The van der Waals surface area contributed by atoms with Crippen LogP contribution in [0.3, 0.4) is 0 Å². The van der Waals surface area contributed by atoms with E-state index in [0.29, 0.717) is 11.6 Å². The molecule has 2 heterocycles. The first kappa shape index (κ1) is 26.9. The Morgan fingerprint density at radius 2 is 1.95 bits per heavy atom. The maximum atomic E-state index is 13.6. The first-order valence-electron chi connectivity index (χ1n) is 12.3. The molecule has 1 amide bonds. The van der Waals surface area contributed by atoms with Crippen LogP contribution in [0.15, 0.2) is 73.1 Å². The van der Waals surface area contributed by atoms with Crippen molar-refractivity contribution in [1.29, 1.82) is 0 Å². The van der Waals surface area contributed by atoms with Crippen LogP contribution in [-0.4, -0.2) is 38.7 Å². The quantitative estimate of drug-likeness (QED) is 0.286. The number of nitrogens with one attached hydrogen (secondary N) is 1. The van der Waals surface area contributed by atoms with Crippen molar-refractivity contribution in [3.05, 3.63) is 106 Å². The number of nitrogens with zero attached hydrogens (tertiary/aromatic N) is 4. The second-order valence-electron chi connectivity index (χ2n) is 9.48. The summed E-state index contributed by atoms with van der Waals surface area (Å²) in [6, 6.07) is 16.6. The lowest BCUT2D eigenvalue weighted by Crippen LogP contribution is -2.28. The van der Waals surface area contributed by atoms with Crippen LogP contribution in [0.25, 0.3) is 5.69 Å². The molecule has 1 aliphatic carbocycles. The Morgan fingerprint density at radius 3 is 2.62 bits per heavy atom. The van der Waals surface area contributed by atoms with Gasteiger partial charge in [0.25, 0.3) is 5.91 Å². The molecule has 1 unspecified atom stereocenters. The largest absolute Gasteiger partial charge is 0.435 e. The lowest BCUT2D eigenvalue weighted by Gasteiger charge is -2.29. The molecule has 0 bridgehead atoms. The van der Waals surface area contributed by atoms with E-state index >= 15 is 0 Å². The van der Waals surface area contributed by atoms with Gasteiger partial charge in [-0.05, 0) is 66.9 Å². The maximum absolute atomic E-state index is 13.6. The van der Waals surface area contributed by atoms with E-state index < -0.39 is 17.8 Å². The van der Waals surface area contributed by atoms with Gasteiger partial charge < -0.3 is 11.1 Å².